The molecule has 10 nitrogen and oxygen atoms in total. The molecule has 11 heteroatoms. The van der Waals surface area contributed by atoms with Gasteiger partial charge in [-0.25, -0.2) is 14.5 Å². The van der Waals surface area contributed by atoms with Crippen LogP contribution >= 0.6 is 0 Å². The van der Waals surface area contributed by atoms with Crippen LogP contribution in [0, 0.1) is 6.92 Å². The average Bonchev–Trinajstić information content (AvgIpc) is 2.55. The van der Waals surface area contributed by atoms with Crippen molar-refractivity contribution in [1.82, 2.24) is 14.7 Å². The smallest absolute Gasteiger partial charge is 0.411 e. The number of carbonyl (C=O) groups excluding carboxylic acids is 1. The number of urea groups is 1. The van der Waals surface area contributed by atoms with Crippen molar-refractivity contribution < 1.29 is 26.9 Å². The van der Waals surface area contributed by atoms with E-state index < -0.39 is 16.3 Å². The second kappa shape index (κ2) is 8.34. The van der Waals surface area contributed by atoms with Crippen molar-refractivity contribution >= 4 is 22.3 Å². The average molecular weight is 382 g/mol. The number of rotatable bonds is 7. The van der Waals surface area contributed by atoms with Crippen LogP contribution in [-0.2, 0) is 10.3 Å². The number of hydrogen-bond donors (Lipinski definition) is 2. The molecule has 0 unspecified atom stereocenters. The van der Waals surface area contributed by atoms with Gasteiger partial charge in [0, 0.05) is 11.8 Å². The molecule has 0 saturated heterocycles. The molecule has 0 aliphatic heterocycles. The van der Waals surface area contributed by atoms with E-state index in [4.69, 9.17) is 13.7 Å². The molecule has 0 bridgehead atoms. The van der Waals surface area contributed by atoms with Crippen molar-refractivity contribution in [3.05, 3.63) is 36.0 Å². The van der Waals surface area contributed by atoms with E-state index in [1.807, 2.05) is 0 Å². The van der Waals surface area contributed by atoms with Crippen LogP contribution in [0.5, 0.6) is 17.4 Å². The third-order valence-corrected chi connectivity index (χ3v) is 3.67. The first kappa shape index (κ1) is 19.2. The molecule has 0 aliphatic rings. The maximum absolute atomic E-state index is 12.0. The number of benzene rings is 1. The highest BCUT2D eigenvalue weighted by Crippen LogP contribution is 2.27. The number of nitrogens with one attached hydrogen (secondary N) is 2. The molecule has 0 aliphatic carbocycles. The molecule has 2 rings (SSSR count). The van der Waals surface area contributed by atoms with E-state index in [1.54, 1.807) is 42.8 Å². The molecule has 0 radical (unpaired) electrons. The maximum atomic E-state index is 12.0. The minimum atomic E-state index is -4.45. The Labute approximate surface area is 150 Å². The lowest BCUT2D eigenvalue weighted by molar-refractivity contribution is 0.255. The van der Waals surface area contributed by atoms with Gasteiger partial charge in [-0.05, 0) is 26.0 Å². The zero-order valence-corrected chi connectivity index (χ0v) is 15.2. The lowest BCUT2D eigenvalue weighted by Crippen LogP contribution is -2.37. The van der Waals surface area contributed by atoms with E-state index >= 15 is 0 Å². The third-order valence-electron chi connectivity index (χ3n) is 2.83. The number of nitrogens with zero attached hydrogens (tertiary/aromatic N) is 2. The van der Waals surface area contributed by atoms with Gasteiger partial charge in [0.2, 0.25) is 11.8 Å². The largest absolute Gasteiger partial charge is 0.490 e. The van der Waals surface area contributed by atoms with Crippen molar-refractivity contribution in [1.29, 1.82) is 0 Å². The normalized spacial score (nSPS) is 10.7. The summed E-state index contributed by atoms with van der Waals surface area (Å²) in [5.41, 5.74) is 0.525. The lowest BCUT2D eigenvalue weighted by Gasteiger charge is -2.12. The Kier molecular flexibility index (Phi) is 6.17. The van der Waals surface area contributed by atoms with Gasteiger partial charge in [0.15, 0.2) is 11.5 Å². The summed E-state index contributed by atoms with van der Waals surface area (Å²) in [6.45, 7) is 3.73. The molecule has 0 fully saturated rings. The molecule has 2 aromatic rings. The van der Waals surface area contributed by atoms with Gasteiger partial charge in [0.1, 0.15) is 0 Å². The molecule has 140 valence electrons. The van der Waals surface area contributed by atoms with Crippen molar-refractivity contribution in [3.8, 4) is 17.4 Å². The molecule has 1 aromatic heterocycles. The fraction of sp³-hybridized carbons (Fsp3) is 0.267. The quantitative estimate of drug-likeness (QED) is 0.739. The summed E-state index contributed by atoms with van der Waals surface area (Å²) in [5, 5.41) is 2.20. The summed E-state index contributed by atoms with van der Waals surface area (Å²) in [7, 11) is -3.05. The van der Waals surface area contributed by atoms with Gasteiger partial charge in [-0.1, -0.05) is 12.1 Å². The van der Waals surface area contributed by atoms with Crippen LogP contribution in [0.3, 0.4) is 0 Å². The van der Waals surface area contributed by atoms with Crippen molar-refractivity contribution in [2.24, 2.45) is 0 Å². The minimum absolute atomic E-state index is 0.0527. The van der Waals surface area contributed by atoms with Crippen LogP contribution in [0.1, 0.15) is 12.6 Å². The number of aromatic nitrogens is 2. The Bertz CT molecular complexity index is 887. The number of anilines is 1. The number of amides is 2. The molecule has 0 saturated carbocycles. The summed E-state index contributed by atoms with van der Waals surface area (Å²) in [6, 6.07) is 6.63. The van der Waals surface area contributed by atoms with E-state index in [2.05, 4.69) is 15.3 Å². The van der Waals surface area contributed by atoms with Crippen molar-refractivity contribution in [3.63, 3.8) is 0 Å². The number of aryl methyl sites for hydroxylation is 1. The Morgan fingerprint density at radius 3 is 2.54 bits per heavy atom. The van der Waals surface area contributed by atoms with Crippen LogP contribution in [0.15, 0.2) is 30.3 Å². The van der Waals surface area contributed by atoms with E-state index in [-0.39, 0.29) is 23.3 Å². The molecule has 2 N–H and O–H groups in total. The molecule has 1 aromatic carbocycles. The zero-order chi connectivity index (χ0) is 19.2. The third kappa shape index (κ3) is 5.48. The van der Waals surface area contributed by atoms with Gasteiger partial charge in [0.25, 0.3) is 0 Å². The van der Waals surface area contributed by atoms with Gasteiger partial charge < -0.3 is 13.7 Å². The molecule has 2 amide bonds. The Morgan fingerprint density at radius 2 is 1.88 bits per heavy atom. The summed E-state index contributed by atoms with van der Waals surface area (Å²) in [4.78, 5) is 19.7. The van der Waals surface area contributed by atoms with E-state index in [1.165, 1.54) is 13.2 Å². The van der Waals surface area contributed by atoms with Crippen LogP contribution in [0.25, 0.3) is 0 Å². The second-order valence-corrected chi connectivity index (χ2v) is 6.13. The van der Waals surface area contributed by atoms with Gasteiger partial charge in [-0.3, -0.25) is 5.32 Å². The highest BCUT2D eigenvalue weighted by molar-refractivity contribution is 7.85. The first-order chi connectivity index (χ1) is 12.3. The highest BCUT2D eigenvalue weighted by Gasteiger charge is 2.20. The number of hydrogen-bond acceptors (Lipinski definition) is 8. The SMILES string of the molecule is CCOc1ccccc1OS(=O)(=O)NC(=O)Nc1nc(C)cc(OC)n1. The van der Waals surface area contributed by atoms with E-state index in [9.17, 15) is 13.2 Å². The highest BCUT2D eigenvalue weighted by atomic mass is 32.2. The number of para-hydroxylation sites is 2. The van der Waals surface area contributed by atoms with Gasteiger partial charge in [0.05, 0.1) is 13.7 Å². The second-order valence-electron chi connectivity index (χ2n) is 4.85. The predicted molar refractivity (Wildman–Crippen MR) is 92.6 cm³/mol. The summed E-state index contributed by atoms with van der Waals surface area (Å²) in [5.74, 6) is 0.275. The summed E-state index contributed by atoms with van der Waals surface area (Å²) in [6.07, 6.45) is 0. The van der Waals surface area contributed by atoms with Gasteiger partial charge >= 0.3 is 16.3 Å². The first-order valence-corrected chi connectivity index (χ1v) is 8.88. The van der Waals surface area contributed by atoms with E-state index in [0.29, 0.717) is 12.3 Å². The maximum Gasteiger partial charge on any atom is 0.411 e. The summed E-state index contributed by atoms with van der Waals surface area (Å²) < 4.78 is 40.9. The Hall–Kier alpha value is -3.08. The van der Waals surface area contributed by atoms with Crippen molar-refractivity contribution in [2.75, 3.05) is 19.0 Å². The molecule has 26 heavy (non-hydrogen) atoms. The number of ether oxygens (including phenoxy) is 2. The summed E-state index contributed by atoms with van der Waals surface area (Å²) >= 11 is 0. The van der Waals surface area contributed by atoms with Crippen LogP contribution in [0.4, 0.5) is 10.7 Å². The fourth-order valence-corrected chi connectivity index (χ4v) is 2.57. The topological polar surface area (TPSA) is 129 Å². The first-order valence-electron chi connectivity index (χ1n) is 7.47. The van der Waals surface area contributed by atoms with Crippen LogP contribution in [0.2, 0.25) is 0 Å². The van der Waals surface area contributed by atoms with Gasteiger partial charge in [-0.2, -0.15) is 13.4 Å². The molecule has 0 spiro atoms. The van der Waals surface area contributed by atoms with Crippen molar-refractivity contribution in [2.45, 2.75) is 13.8 Å². The zero-order valence-electron chi connectivity index (χ0n) is 14.3. The molecule has 0 atom stereocenters. The molecule has 1 heterocycles. The molecular weight excluding hydrogens is 364 g/mol. The predicted octanol–water partition coefficient (Wildman–Crippen LogP) is 1.64. The minimum Gasteiger partial charge on any atom is -0.490 e. The lowest BCUT2D eigenvalue weighted by atomic mass is 10.3. The monoisotopic (exact) mass is 382 g/mol. The van der Waals surface area contributed by atoms with Crippen LogP contribution in [-0.4, -0.2) is 38.1 Å². The standard InChI is InChI=1S/C15H18N4O6S/c1-4-24-11-7-5-6-8-12(11)25-26(21,22)19-15(20)18-14-16-10(2)9-13(17-14)23-3/h5-9H,4H2,1-3H3,(H2,16,17,18,19,20). The Balaban J connectivity index is 2.07. The Morgan fingerprint density at radius 1 is 1.19 bits per heavy atom. The van der Waals surface area contributed by atoms with Gasteiger partial charge in [-0.15, -0.1) is 0 Å². The van der Waals surface area contributed by atoms with Crippen LogP contribution < -0.4 is 23.7 Å². The number of carbonyl (C=O) groups is 1. The van der Waals surface area contributed by atoms with E-state index in [0.717, 1.165) is 0 Å². The molecular formula is C15H18N4O6S. The number of methoxy groups -OCH3 is 1. The fourth-order valence-electron chi connectivity index (χ4n) is 1.87.